The van der Waals surface area contributed by atoms with E-state index >= 15 is 0 Å². The highest BCUT2D eigenvalue weighted by Crippen LogP contribution is 2.46. The van der Waals surface area contributed by atoms with E-state index in [4.69, 9.17) is 0 Å². The second-order valence-electron chi connectivity index (χ2n) is 8.28. The first kappa shape index (κ1) is 19.4. The van der Waals surface area contributed by atoms with Gasteiger partial charge in [0.25, 0.3) is 0 Å². The normalized spacial score (nSPS) is 15.7. The van der Waals surface area contributed by atoms with Crippen molar-refractivity contribution < 1.29 is 4.79 Å². The molecule has 1 N–H and O–H groups in total. The molecule has 2 aromatic heterocycles. The smallest absolute Gasteiger partial charge is 0.221 e. The number of pyridine rings is 1. The summed E-state index contributed by atoms with van der Waals surface area (Å²) in [6.07, 6.45) is 4.45. The van der Waals surface area contributed by atoms with E-state index in [0.29, 0.717) is 13.0 Å². The van der Waals surface area contributed by atoms with Gasteiger partial charge in [-0.15, -0.1) is 0 Å². The van der Waals surface area contributed by atoms with Gasteiger partial charge in [-0.05, 0) is 50.5 Å². The molecule has 0 aliphatic heterocycles. The predicted octanol–water partition coefficient (Wildman–Crippen LogP) is 4.01. The minimum atomic E-state index is -0.0384. The van der Waals surface area contributed by atoms with E-state index in [9.17, 15) is 4.79 Å². The molecule has 1 aromatic carbocycles. The fraction of sp³-hybridized carbons (Fsp3) is 0.375. The lowest BCUT2D eigenvalue weighted by atomic mass is 9.91. The molecule has 0 bridgehead atoms. The van der Waals surface area contributed by atoms with Crippen molar-refractivity contribution in [1.29, 1.82) is 0 Å². The summed E-state index contributed by atoms with van der Waals surface area (Å²) >= 11 is 0. The van der Waals surface area contributed by atoms with Gasteiger partial charge in [0, 0.05) is 48.4 Å². The highest BCUT2D eigenvalue weighted by molar-refractivity contribution is 5.77. The number of carbonyl (C=O) groups is 1. The summed E-state index contributed by atoms with van der Waals surface area (Å²) in [5.41, 5.74) is 4.41. The van der Waals surface area contributed by atoms with Crippen molar-refractivity contribution in [2.75, 3.05) is 6.54 Å². The fourth-order valence-corrected chi connectivity index (χ4v) is 3.92. The molecule has 0 saturated heterocycles. The Hall–Kier alpha value is -2.95. The van der Waals surface area contributed by atoms with E-state index in [2.05, 4.69) is 45.2 Å². The second kappa shape index (κ2) is 8.19. The quantitative estimate of drug-likeness (QED) is 0.634. The molecule has 1 aliphatic carbocycles. The van der Waals surface area contributed by atoms with Crippen LogP contribution in [-0.4, -0.2) is 27.2 Å². The fourth-order valence-electron chi connectivity index (χ4n) is 3.92. The van der Waals surface area contributed by atoms with Gasteiger partial charge in [0.05, 0.1) is 5.69 Å². The number of benzene rings is 1. The molecule has 5 heteroatoms. The maximum absolute atomic E-state index is 12.8. The monoisotopic (exact) mass is 388 g/mol. The van der Waals surface area contributed by atoms with E-state index in [1.807, 2.05) is 43.3 Å². The van der Waals surface area contributed by atoms with Crippen LogP contribution < -0.4 is 5.32 Å². The summed E-state index contributed by atoms with van der Waals surface area (Å²) in [5, 5.41) is 7.78. The van der Waals surface area contributed by atoms with Gasteiger partial charge in [0.15, 0.2) is 0 Å². The van der Waals surface area contributed by atoms with Gasteiger partial charge >= 0.3 is 0 Å². The zero-order valence-corrected chi connectivity index (χ0v) is 17.1. The zero-order valence-electron chi connectivity index (χ0n) is 17.1. The number of rotatable bonds is 8. The average molecular weight is 389 g/mol. The standard InChI is InChI=1S/C24H28N4O/c1-18-14-19(2)28(27-18)17-24(11-12-24)16-26-23(29)15-21(20-8-4-3-5-9-20)22-10-6-7-13-25-22/h3-10,13-14,21H,11-12,15-17H2,1-2H3,(H,26,29). The molecule has 0 spiro atoms. The molecule has 150 valence electrons. The number of hydrogen-bond donors (Lipinski definition) is 1. The summed E-state index contributed by atoms with van der Waals surface area (Å²) in [6.45, 7) is 5.68. The van der Waals surface area contributed by atoms with E-state index in [1.54, 1.807) is 6.20 Å². The van der Waals surface area contributed by atoms with Crippen molar-refractivity contribution in [3.8, 4) is 0 Å². The number of aromatic nitrogens is 3. The van der Waals surface area contributed by atoms with Crippen molar-refractivity contribution in [2.24, 2.45) is 5.41 Å². The Morgan fingerprint density at radius 3 is 2.52 bits per heavy atom. The third-order valence-corrected chi connectivity index (χ3v) is 5.84. The van der Waals surface area contributed by atoms with Gasteiger partial charge in [0.2, 0.25) is 5.91 Å². The SMILES string of the molecule is Cc1cc(C)n(CC2(CNC(=O)CC(c3ccccc3)c3ccccn3)CC2)n1. The van der Waals surface area contributed by atoms with Crippen LogP contribution in [0, 0.1) is 19.3 Å². The number of nitrogens with one attached hydrogen (secondary N) is 1. The molecular formula is C24H28N4O. The first-order valence-corrected chi connectivity index (χ1v) is 10.3. The Morgan fingerprint density at radius 2 is 1.90 bits per heavy atom. The number of aryl methyl sites for hydroxylation is 2. The topological polar surface area (TPSA) is 59.8 Å². The minimum Gasteiger partial charge on any atom is -0.355 e. The van der Waals surface area contributed by atoms with E-state index in [-0.39, 0.29) is 17.2 Å². The van der Waals surface area contributed by atoms with Gasteiger partial charge in [-0.25, -0.2) is 0 Å². The van der Waals surface area contributed by atoms with Crippen LogP contribution in [0.3, 0.4) is 0 Å². The van der Waals surface area contributed by atoms with Crippen LogP contribution in [0.15, 0.2) is 60.8 Å². The maximum atomic E-state index is 12.8. The Kier molecular flexibility index (Phi) is 5.47. The Labute approximate surface area is 172 Å². The molecule has 1 amide bonds. The van der Waals surface area contributed by atoms with Gasteiger partial charge in [-0.1, -0.05) is 36.4 Å². The number of amides is 1. The third kappa shape index (κ3) is 4.73. The van der Waals surface area contributed by atoms with Crippen LogP contribution >= 0.6 is 0 Å². The summed E-state index contributed by atoms with van der Waals surface area (Å²) in [7, 11) is 0. The summed E-state index contributed by atoms with van der Waals surface area (Å²) in [5.74, 6) is 0.0349. The van der Waals surface area contributed by atoms with Crippen LogP contribution in [0.2, 0.25) is 0 Å². The molecule has 1 fully saturated rings. The molecule has 1 atom stereocenters. The number of nitrogens with zero attached hydrogens (tertiary/aromatic N) is 3. The lowest BCUT2D eigenvalue weighted by Crippen LogP contribution is -2.33. The average Bonchev–Trinajstić information content (AvgIpc) is 3.43. The summed E-state index contributed by atoms with van der Waals surface area (Å²) in [6, 6.07) is 18.1. The molecule has 3 aromatic rings. The molecule has 0 radical (unpaired) electrons. The maximum Gasteiger partial charge on any atom is 0.221 e. The van der Waals surface area contributed by atoms with E-state index in [0.717, 1.165) is 36.3 Å². The van der Waals surface area contributed by atoms with Crippen LogP contribution in [0.1, 0.15) is 47.8 Å². The predicted molar refractivity (Wildman–Crippen MR) is 114 cm³/mol. The third-order valence-electron chi connectivity index (χ3n) is 5.84. The zero-order chi connectivity index (χ0) is 20.3. The molecule has 5 nitrogen and oxygen atoms in total. The van der Waals surface area contributed by atoms with Crippen molar-refractivity contribution in [3.63, 3.8) is 0 Å². The van der Waals surface area contributed by atoms with E-state index < -0.39 is 0 Å². The Morgan fingerprint density at radius 1 is 1.14 bits per heavy atom. The molecular weight excluding hydrogens is 360 g/mol. The van der Waals surface area contributed by atoms with Crippen LogP contribution in [0.5, 0.6) is 0 Å². The van der Waals surface area contributed by atoms with Crippen molar-refractivity contribution in [3.05, 3.63) is 83.4 Å². The lowest BCUT2D eigenvalue weighted by molar-refractivity contribution is -0.121. The number of carbonyl (C=O) groups excluding carboxylic acids is 1. The largest absolute Gasteiger partial charge is 0.355 e. The Bertz CT molecular complexity index is 922. The molecule has 2 heterocycles. The van der Waals surface area contributed by atoms with Gasteiger partial charge in [-0.2, -0.15) is 5.10 Å². The highest BCUT2D eigenvalue weighted by Gasteiger charge is 2.43. The van der Waals surface area contributed by atoms with E-state index in [1.165, 1.54) is 5.69 Å². The molecule has 4 rings (SSSR count). The van der Waals surface area contributed by atoms with Gasteiger partial charge < -0.3 is 5.32 Å². The van der Waals surface area contributed by atoms with Crippen molar-refractivity contribution in [1.82, 2.24) is 20.1 Å². The summed E-state index contributed by atoms with van der Waals surface area (Å²) in [4.78, 5) is 17.3. The van der Waals surface area contributed by atoms with Crippen LogP contribution in [-0.2, 0) is 11.3 Å². The van der Waals surface area contributed by atoms with Crippen LogP contribution in [0.25, 0.3) is 0 Å². The molecule has 29 heavy (non-hydrogen) atoms. The van der Waals surface area contributed by atoms with Gasteiger partial charge in [0.1, 0.15) is 0 Å². The molecule has 1 saturated carbocycles. The van der Waals surface area contributed by atoms with Gasteiger partial charge in [-0.3, -0.25) is 14.5 Å². The lowest BCUT2D eigenvalue weighted by Gasteiger charge is -2.20. The van der Waals surface area contributed by atoms with Crippen molar-refractivity contribution in [2.45, 2.75) is 45.6 Å². The minimum absolute atomic E-state index is 0.0384. The Balaban J connectivity index is 1.40. The number of hydrogen-bond acceptors (Lipinski definition) is 3. The highest BCUT2D eigenvalue weighted by atomic mass is 16.1. The first-order chi connectivity index (χ1) is 14.0. The second-order valence-corrected chi connectivity index (χ2v) is 8.28. The molecule has 1 unspecified atom stereocenters. The van der Waals surface area contributed by atoms with Crippen LogP contribution in [0.4, 0.5) is 0 Å². The summed E-state index contributed by atoms with van der Waals surface area (Å²) < 4.78 is 2.08. The molecule has 1 aliphatic rings. The first-order valence-electron chi connectivity index (χ1n) is 10.3. The van der Waals surface area contributed by atoms with Crippen molar-refractivity contribution >= 4 is 5.91 Å².